The lowest BCUT2D eigenvalue weighted by Gasteiger charge is -2.08. The van der Waals surface area contributed by atoms with Gasteiger partial charge in [-0.25, -0.2) is 5.43 Å². The molecule has 2 aromatic carbocycles. The molecule has 1 aromatic heterocycles. The number of amides is 2. The lowest BCUT2D eigenvalue weighted by Crippen LogP contribution is -2.32. The minimum absolute atomic E-state index is 0.0406. The van der Waals surface area contributed by atoms with Gasteiger partial charge in [-0.05, 0) is 53.4 Å². The normalized spacial score (nSPS) is 11.3. The van der Waals surface area contributed by atoms with Crippen molar-refractivity contribution >= 4 is 35.4 Å². The summed E-state index contributed by atoms with van der Waals surface area (Å²) in [5.74, 6) is -0.693. The number of nitrogens with zero attached hydrogens (tertiary/aromatic N) is 1. The predicted octanol–water partition coefficient (Wildman–Crippen LogP) is 3.38. The first-order valence-electron chi connectivity index (χ1n) is 8.89. The van der Waals surface area contributed by atoms with Crippen LogP contribution in [0.2, 0.25) is 0 Å². The Morgan fingerprint density at radius 1 is 1.10 bits per heavy atom. The molecular formula is C22H19N3O4S. The predicted molar refractivity (Wildman–Crippen MR) is 117 cm³/mol. The third-order valence-corrected chi connectivity index (χ3v) is 4.76. The number of carbonyl (C=O) groups is 2. The first kappa shape index (κ1) is 20.8. The summed E-state index contributed by atoms with van der Waals surface area (Å²) in [6.45, 7) is 0. The molecule has 3 rings (SSSR count). The van der Waals surface area contributed by atoms with Gasteiger partial charge in [0.25, 0.3) is 11.8 Å². The molecule has 3 N–H and O–H groups in total. The minimum Gasteiger partial charge on any atom is -0.504 e. The Morgan fingerprint density at radius 2 is 1.90 bits per heavy atom. The molecule has 0 atom stereocenters. The Balaban J connectivity index is 1.73. The van der Waals surface area contributed by atoms with Crippen LogP contribution in [0.1, 0.15) is 20.8 Å². The van der Waals surface area contributed by atoms with Crippen molar-refractivity contribution in [1.29, 1.82) is 0 Å². The largest absolute Gasteiger partial charge is 0.504 e. The van der Waals surface area contributed by atoms with E-state index < -0.39 is 11.8 Å². The number of nitrogens with one attached hydrogen (secondary N) is 2. The van der Waals surface area contributed by atoms with Gasteiger partial charge in [0.2, 0.25) is 0 Å². The van der Waals surface area contributed by atoms with Crippen LogP contribution in [-0.2, 0) is 4.79 Å². The van der Waals surface area contributed by atoms with Gasteiger partial charge in [0.1, 0.15) is 5.70 Å². The fourth-order valence-electron chi connectivity index (χ4n) is 2.47. The molecule has 0 saturated heterocycles. The van der Waals surface area contributed by atoms with Crippen LogP contribution in [0.15, 0.2) is 76.8 Å². The second-order valence-corrected chi connectivity index (χ2v) is 7.00. The molecule has 0 aliphatic rings. The molecule has 3 aromatic rings. The summed E-state index contributed by atoms with van der Waals surface area (Å²) < 4.78 is 4.99. The highest BCUT2D eigenvalue weighted by atomic mass is 32.1. The zero-order valence-corrected chi connectivity index (χ0v) is 16.8. The molecule has 30 heavy (non-hydrogen) atoms. The number of phenolic OH excluding ortho intramolecular Hbond substituents is 1. The Labute approximate surface area is 177 Å². The van der Waals surface area contributed by atoms with E-state index in [-0.39, 0.29) is 11.4 Å². The quantitative estimate of drug-likeness (QED) is 0.309. The highest BCUT2D eigenvalue weighted by molar-refractivity contribution is 7.10. The van der Waals surface area contributed by atoms with E-state index in [0.717, 1.165) is 4.88 Å². The van der Waals surface area contributed by atoms with Crippen molar-refractivity contribution in [3.8, 4) is 11.5 Å². The summed E-state index contributed by atoms with van der Waals surface area (Å²) in [6, 6.07) is 17.0. The van der Waals surface area contributed by atoms with Gasteiger partial charge in [-0.3, -0.25) is 9.59 Å². The third-order valence-electron chi connectivity index (χ3n) is 3.94. The first-order valence-corrected chi connectivity index (χ1v) is 9.77. The number of rotatable bonds is 7. The Bertz CT molecular complexity index is 1080. The fraction of sp³-hybridized carbons (Fsp3) is 0.0455. The summed E-state index contributed by atoms with van der Waals surface area (Å²) >= 11 is 1.43. The monoisotopic (exact) mass is 421 g/mol. The van der Waals surface area contributed by atoms with E-state index in [0.29, 0.717) is 16.9 Å². The molecule has 2 amide bonds. The van der Waals surface area contributed by atoms with Crippen molar-refractivity contribution in [2.24, 2.45) is 5.10 Å². The maximum absolute atomic E-state index is 12.6. The summed E-state index contributed by atoms with van der Waals surface area (Å²) in [5, 5.41) is 18.2. The maximum Gasteiger partial charge on any atom is 0.287 e. The van der Waals surface area contributed by atoms with Gasteiger partial charge in [0, 0.05) is 10.4 Å². The van der Waals surface area contributed by atoms with Gasteiger partial charge in [-0.2, -0.15) is 5.10 Å². The molecule has 152 valence electrons. The van der Waals surface area contributed by atoms with Crippen LogP contribution in [0.4, 0.5) is 0 Å². The van der Waals surface area contributed by atoms with Gasteiger partial charge >= 0.3 is 0 Å². The molecule has 0 unspecified atom stereocenters. The average molecular weight is 421 g/mol. The molecular weight excluding hydrogens is 402 g/mol. The fourth-order valence-corrected chi connectivity index (χ4v) is 3.13. The van der Waals surface area contributed by atoms with Crippen LogP contribution in [0, 0.1) is 0 Å². The molecule has 0 aliphatic heterocycles. The van der Waals surface area contributed by atoms with Crippen molar-refractivity contribution in [3.63, 3.8) is 0 Å². The lowest BCUT2D eigenvalue weighted by molar-refractivity contribution is -0.117. The van der Waals surface area contributed by atoms with E-state index in [2.05, 4.69) is 15.8 Å². The zero-order valence-electron chi connectivity index (χ0n) is 16.0. The molecule has 1 heterocycles. The van der Waals surface area contributed by atoms with Gasteiger partial charge in [0.15, 0.2) is 11.5 Å². The molecule has 0 radical (unpaired) electrons. The van der Waals surface area contributed by atoms with E-state index in [4.69, 9.17) is 4.74 Å². The van der Waals surface area contributed by atoms with E-state index in [1.165, 1.54) is 30.7 Å². The number of carbonyl (C=O) groups excluding carboxylic acids is 2. The Kier molecular flexibility index (Phi) is 6.96. The van der Waals surface area contributed by atoms with E-state index in [1.54, 1.807) is 48.5 Å². The van der Waals surface area contributed by atoms with Gasteiger partial charge < -0.3 is 15.2 Å². The van der Waals surface area contributed by atoms with Gasteiger partial charge in [0.05, 0.1) is 13.3 Å². The van der Waals surface area contributed by atoms with E-state index in [9.17, 15) is 14.7 Å². The summed E-state index contributed by atoms with van der Waals surface area (Å²) in [5.41, 5.74) is 3.44. The molecule has 7 nitrogen and oxygen atoms in total. The van der Waals surface area contributed by atoms with Crippen molar-refractivity contribution in [1.82, 2.24) is 10.7 Å². The number of aromatic hydroxyl groups is 1. The third kappa shape index (κ3) is 5.55. The smallest absolute Gasteiger partial charge is 0.287 e. The maximum atomic E-state index is 12.6. The number of hydrogen-bond acceptors (Lipinski definition) is 6. The van der Waals surface area contributed by atoms with Crippen LogP contribution in [0.3, 0.4) is 0 Å². The minimum atomic E-state index is -0.582. The first-order chi connectivity index (χ1) is 14.6. The second-order valence-electron chi connectivity index (χ2n) is 6.02. The van der Waals surface area contributed by atoms with Crippen LogP contribution >= 0.6 is 11.3 Å². The number of hydrazone groups is 1. The molecule has 8 heteroatoms. The topological polar surface area (TPSA) is 100 Å². The number of hydrogen-bond donors (Lipinski definition) is 3. The van der Waals surface area contributed by atoms with Crippen molar-refractivity contribution in [2.45, 2.75) is 0 Å². The van der Waals surface area contributed by atoms with Crippen molar-refractivity contribution < 1.29 is 19.4 Å². The summed E-state index contributed by atoms with van der Waals surface area (Å²) in [4.78, 5) is 25.9. The molecule has 0 spiro atoms. The van der Waals surface area contributed by atoms with Crippen molar-refractivity contribution in [3.05, 3.63) is 87.7 Å². The van der Waals surface area contributed by atoms with Crippen LogP contribution in [0.25, 0.3) is 6.08 Å². The zero-order chi connectivity index (χ0) is 21.3. The van der Waals surface area contributed by atoms with Crippen molar-refractivity contribution in [2.75, 3.05) is 7.11 Å². The number of ether oxygens (including phenoxy) is 1. The molecule has 0 saturated carbocycles. The van der Waals surface area contributed by atoms with Crippen LogP contribution in [0.5, 0.6) is 11.5 Å². The summed E-state index contributed by atoms with van der Waals surface area (Å²) in [6.07, 6.45) is 2.95. The summed E-state index contributed by atoms with van der Waals surface area (Å²) in [7, 11) is 1.45. The van der Waals surface area contributed by atoms with Gasteiger partial charge in [-0.1, -0.05) is 24.3 Å². The number of methoxy groups -OCH3 is 1. The van der Waals surface area contributed by atoms with Crippen LogP contribution in [-0.4, -0.2) is 30.2 Å². The molecule has 0 bridgehead atoms. The van der Waals surface area contributed by atoms with Gasteiger partial charge in [-0.15, -0.1) is 11.3 Å². The SMILES string of the molecule is COc1ccc(/C=N\NC(=O)/C(=C\c2cccs2)NC(=O)c2ccccc2)cc1O. The molecule has 0 aliphatic carbocycles. The highest BCUT2D eigenvalue weighted by Gasteiger charge is 2.14. The van der Waals surface area contributed by atoms with E-state index in [1.807, 2.05) is 17.5 Å². The number of thiophene rings is 1. The Hall–Kier alpha value is -3.91. The van der Waals surface area contributed by atoms with Crippen LogP contribution < -0.4 is 15.5 Å². The lowest BCUT2D eigenvalue weighted by atomic mass is 10.2. The number of benzene rings is 2. The Morgan fingerprint density at radius 3 is 2.57 bits per heavy atom. The van der Waals surface area contributed by atoms with E-state index >= 15 is 0 Å². The average Bonchev–Trinajstić information content (AvgIpc) is 3.27. The highest BCUT2D eigenvalue weighted by Crippen LogP contribution is 2.25. The number of phenols is 1. The second kappa shape index (κ2) is 10.0. The standard InChI is InChI=1S/C22H19N3O4S/c1-29-20-10-9-15(12-19(20)26)14-23-25-22(28)18(13-17-8-5-11-30-17)24-21(27)16-6-3-2-4-7-16/h2-14,26H,1H3,(H,24,27)(H,25,28)/b18-13+,23-14-. The molecule has 0 fully saturated rings.